The average molecular weight is 341 g/mol. The molecule has 5 nitrogen and oxygen atoms in total. The van der Waals surface area contributed by atoms with Crippen molar-refractivity contribution in [3.63, 3.8) is 0 Å². The summed E-state index contributed by atoms with van der Waals surface area (Å²) in [6.07, 6.45) is 7.86. The molecule has 1 aliphatic carbocycles. The lowest BCUT2D eigenvalue weighted by Crippen LogP contribution is -2.41. The van der Waals surface area contributed by atoms with E-state index in [4.69, 9.17) is 4.74 Å². The lowest BCUT2D eigenvalue weighted by molar-refractivity contribution is 0.0574. The predicted molar refractivity (Wildman–Crippen MR) is 104 cm³/mol. The maximum atomic E-state index is 5.88. The van der Waals surface area contributed by atoms with Crippen molar-refractivity contribution in [3.05, 3.63) is 0 Å². The summed E-state index contributed by atoms with van der Waals surface area (Å²) in [6, 6.07) is 1.20. The molecule has 1 rings (SSSR count). The van der Waals surface area contributed by atoms with Crippen molar-refractivity contribution >= 4 is 5.96 Å². The first-order valence-corrected chi connectivity index (χ1v) is 9.86. The van der Waals surface area contributed by atoms with Crippen molar-refractivity contribution in [2.75, 3.05) is 33.3 Å². The van der Waals surface area contributed by atoms with Crippen LogP contribution in [0.3, 0.4) is 0 Å². The molecular formula is C19H40N4O. The van der Waals surface area contributed by atoms with E-state index in [-0.39, 0.29) is 0 Å². The fraction of sp³-hybridized carbons (Fsp3) is 0.947. The topological polar surface area (TPSA) is 48.9 Å². The monoisotopic (exact) mass is 340 g/mol. The first-order valence-electron chi connectivity index (χ1n) is 9.86. The summed E-state index contributed by atoms with van der Waals surface area (Å²) in [5, 5.41) is 6.78. The van der Waals surface area contributed by atoms with Crippen molar-refractivity contribution in [1.82, 2.24) is 15.5 Å². The molecular weight excluding hydrogens is 300 g/mol. The maximum absolute atomic E-state index is 5.88. The number of nitrogens with zero attached hydrogens (tertiary/aromatic N) is 2. The summed E-state index contributed by atoms with van der Waals surface area (Å²) < 4.78 is 5.88. The standard InChI is InChI=1S/C19H40N4O/c1-16(2)23(17(3)4)14-8-12-21-19(20-5)22-13-9-15-24-18-10-6-7-11-18/h16-18H,6-15H2,1-5H3,(H2,20,21,22). The molecule has 0 spiro atoms. The number of nitrogens with one attached hydrogen (secondary N) is 2. The van der Waals surface area contributed by atoms with Gasteiger partial charge in [-0.2, -0.15) is 0 Å². The van der Waals surface area contributed by atoms with Gasteiger partial charge in [0.1, 0.15) is 0 Å². The lowest BCUT2D eigenvalue weighted by Gasteiger charge is -2.30. The highest BCUT2D eigenvalue weighted by Gasteiger charge is 2.14. The Bertz CT molecular complexity index is 330. The largest absolute Gasteiger partial charge is 0.378 e. The Kier molecular flexibility index (Phi) is 11.1. The molecule has 24 heavy (non-hydrogen) atoms. The van der Waals surface area contributed by atoms with Gasteiger partial charge in [0.15, 0.2) is 5.96 Å². The minimum Gasteiger partial charge on any atom is -0.378 e. The highest BCUT2D eigenvalue weighted by Crippen LogP contribution is 2.20. The molecule has 0 unspecified atom stereocenters. The Hall–Kier alpha value is -0.810. The van der Waals surface area contributed by atoms with Crippen LogP contribution < -0.4 is 10.6 Å². The van der Waals surface area contributed by atoms with Crippen LogP contribution in [0.1, 0.15) is 66.2 Å². The second kappa shape index (κ2) is 12.5. The van der Waals surface area contributed by atoms with Gasteiger partial charge in [0.25, 0.3) is 0 Å². The molecule has 0 radical (unpaired) electrons. The Morgan fingerprint density at radius 3 is 2.17 bits per heavy atom. The molecule has 0 aliphatic heterocycles. The summed E-state index contributed by atoms with van der Waals surface area (Å²) in [4.78, 5) is 6.82. The normalized spacial score (nSPS) is 16.6. The summed E-state index contributed by atoms with van der Waals surface area (Å²) >= 11 is 0. The van der Waals surface area contributed by atoms with Crippen molar-refractivity contribution in [2.24, 2.45) is 4.99 Å². The third-order valence-electron chi connectivity index (χ3n) is 4.71. The quantitative estimate of drug-likeness (QED) is 0.345. The SMILES string of the molecule is CN=C(NCCCOC1CCCC1)NCCCN(C(C)C)C(C)C. The van der Waals surface area contributed by atoms with Crippen molar-refractivity contribution in [1.29, 1.82) is 0 Å². The predicted octanol–water partition coefficient (Wildman–Crippen LogP) is 3.01. The Labute approximate surface area is 149 Å². The fourth-order valence-electron chi connectivity index (χ4n) is 3.39. The molecule has 0 aromatic carbocycles. The molecule has 0 atom stereocenters. The Morgan fingerprint density at radius 1 is 1.04 bits per heavy atom. The van der Waals surface area contributed by atoms with Crippen molar-refractivity contribution < 1.29 is 4.74 Å². The van der Waals surface area contributed by atoms with Crippen LogP contribution in [-0.2, 0) is 4.74 Å². The van der Waals surface area contributed by atoms with Crippen LogP contribution in [-0.4, -0.2) is 62.3 Å². The molecule has 1 fully saturated rings. The first-order chi connectivity index (χ1) is 11.5. The Balaban J connectivity index is 2.05. The summed E-state index contributed by atoms with van der Waals surface area (Å²) in [5.74, 6) is 0.900. The van der Waals surface area contributed by atoms with E-state index in [1.165, 1.54) is 25.7 Å². The third-order valence-corrected chi connectivity index (χ3v) is 4.71. The Morgan fingerprint density at radius 2 is 1.62 bits per heavy atom. The van der Waals surface area contributed by atoms with Gasteiger partial charge in [-0.3, -0.25) is 9.89 Å². The van der Waals surface area contributed by atoms with Gasteiger partial charge in [-0.25, -0.2) is 0 Å². The van der Waals surface area contributed by atoms with E-state index in [9.17, 15) is 0 Å². The van der Waals surface area contributed by atoms with Gasteiger partial charge in [-0.1, -0.05) is 12.8 Å². The lowest BCUT2D eigenvalue weighted by atomic mass is 10.2. The van der Waals surface area contributed by atoms with Gasteiger partial charge >= 0.3 is 0 Å². The summed E-state index contributed by atoms with van der Waals surface area (Å²) in [5.41, 5.74) is 0. The minimum absolute atomic E-state index is 0.521. The van der Waals surface area contributed by atoms with Gasteiger partial charge in [0.05, 0.1) is 6.10 Å². The zero-order valence-electron chi connectivity index (χ0n) is 16.6. The van der Waals surface area contributed by atoms with Crippen LogP contribution in [0.4, 0.5) is 0 Å². The number of hydrogen-bond donors (Lipinski definition) is 2. The van der Waals surface area contributed by atoms with E-state index in [0.29, 0.717) is 18.2 Å². The fourth-order valence-corrected chi connectivity index (χ4v) is 3.39. The molecule has 2 N–H and O–H groups in total. The van der Waals surface area contributed by atoms with Crippen LogP contribution in [0, 0.1) is 0 Å². The molecule has 142 valence electrons. The minimum atomic E-state index is 0.521. The zero-order chi connectivity index (χ0) is 17.8. The number of hydrogen-bond acceptors (Lipinski definition) is 3. The van der Waals surface area contributed by atoms with E-state index < -0.39 is 0 Å². The van der Waals surface area contributed by atoms with Gasteiger partial charge in [0.2, 0.25) is 0 Å². The molecule has 0 aromatic heterocycles. The van der Waals surface area contributed by atoms with E-state index in [1.807, 2.05) is 7.05 Å². The number of aliphatic imine (C=N–C) groups is 1. The molecule has 1 saturated carbocycles. The third kappa shape index (κ3) is 8.88. The number of rotatable bonds is 11. The van der Waals surface area contributed by atoms with Gasteiger partial charge < -0.3 is 15.4 Å². The smallest absolute Gasteiger partial charge is 0.190 e. The second-order valence-corrected chi connectivity index (χ2v) is 7.34. The van der Waals surface area contributed by atoms with Crippen LogP contribution in [0.25, 0.3) is 0 Å². The molecule has 0 aromatic rings. The highest BCUT2D eigenvalue weighted by atomic mass is 16.5. The molecule has 1 aliphatic rings. The van der Waals surface area contributed by atoms with Crippen LogP contribution in [0.15, 0.2) is 4.99 Å². The second-order valence-electron chi connectivity index (χ2n) is 7.34. The van der Waals surface area contributed by atoms with Crippen molar-refractivity contribution in [2.45, 2.75) is 84.4 Å². The number of ether oxygens (including phenoxy) is 1. The van der Waals surface area contributed by atoms with E-state index in [0.717, 1.165) is 45.0 Å². The highest BCUT2D eigenvalue weighted by molar-refractivity contribution is 5.79. The van der Waals surface area contributed by atoms with Gasteiger partial charge in [-0.15, -0.1) is 0 Å². The summed E-state index contributed by atoms with van der Waals surface area (Å²) in [7, 11) is 1.83. The van der Waals surface area contributed by atoms with E-state index >= 15 is 0 Å². The number of guanidine groups is 1. The van der Waals surface area contributed by atoms with Crippen LogP contribution >= 0.6 is 0 Å². The van der Waals surface area contributed by atoms with Gasteiger partial charge in [-0.05, 0) is 53.4 Å². The molecule has 0 bridgehead atoms. The molecule has 0 heterocycles. The maximum Gasteiger partial charge on any atom is 0.190 e. The molecule has 0 amide bonds. The van der Waals surface area contributed by atoms with E-state index in [2.05, 4.69) is 48.2 Å². The molecule has 5 heteroatoms. The van der Waals surface area contributed by atoms with Gasteiger partial charge in [0, 0.05) is 45.4 Å². The summed E-state index contributed by atoms with van der Waals surface area (Å²) in [6.45, 7) is 12.9. The zero-order valence-corrected chi connectivity index (χ0v) is 16.6. The average Bonchev–Trinajstić information content (AvgIpc) is 3.04. The van der Waals surface area contributed by atoms with Crippen LogP contribution in [0.2, 0.25) is 0 Å². The first kappa shape index (κ1) is 21.2. The van der Waals surface area contributed by atoms with Crippen molar-refractivity contribution in [3.8, 4) is 0 Å². The van der Waals surface area contributed by atoms with Crippen LogP contribution in [0.5, 0.6) is 0 Å². The molecule has 0 saturated heterocycles. The van der Waals surface area contributed by atoms with E-state index in [1.54, 1.807) is 0 Å².